The molecular formula is C43H53NO7Si. The van der Waals surface area contributed by atoms with Crippen LogP contribution in [0.4, 0.5) is 4.79 Å². The fraction of sp³-hybridized carbons (Fsp3) is 0.395. The van der Waals surface area contributed by atoms with Crippen LogP contribution in [-0.4, -0.2) is 60.3 Å². The van der Waals surface area contributed by atoms with Crippen LogP contribution in [-0.2, 0) is 43.1 Å². The van der Waals surface area contributed by atoms with E-state index in [4.69, 9.17) is 18.6 Å². The largest absolute Gasteiger partial charge is 0.441 e. The van der Waals surface area contributed by atoms with Crippen LogP contribution in [0.25, 0.3) is 0 Å². The van der Waals surface area contributed by atoms with Crippen LogP contribution in [0.3, 0.4) is 0 Å². The van der Waals surface area contributed by atoms with Gasteiger partial charge in [0.05, 0.1) is 25.4 Å². The lowest BCUT2D eigenvalue weighted by atomic mass is 9.91. The summed E-state index contributed by atoms with van der Waals surface area (Å²) in [4.78, 5) is 29.7. The number of ether oxygens (including phenoxy) is 3. The Balaban J connectivity index is 1.59. The van der Waals surface area contributed by atoms with Crippen molar-refractivity contribution in [2.24, 2.45) is 0 Å². The molecule has 0 unspecified atom stereocenters. The molecule has 52 heavy (non-hydrogen) atoms. The molecule has 5 atom stereocenters. The van der Waals surface area contributed by atoms with Gasteiger partial charge >= 0.3 is 6.09 Å². The molecule has 4 aromatic carbocycles. The lowest BCUT2D eigenvalue weighted by molar-refractivity contribution is -0.174. The second-order valence-electron chi connectivity index (χ2n) is 15.6. The van der Waals surface area contributed by atoms with Crippen molar-refractivity contribution >= 4 is 20.3 Å². The van der Waals surface area contributed by atoms with E-state index in [1.165, 1.54) is 0 Å². The monoisotopic (exact) mass is 723 g/mol. The highest BCUT2D eigenvalue weighted by Gasteiger charge is 2.54. The number of hydrogen-bond donors (Lipinski definition) is 1. The molecule has 1 N–H and O–H groups in total. The molecule has 1 saturated heterocycles. The van der Waals surface area contributed by atoms with Crippen LogP contribution < -0.4 is 0 Å². The number of amides is 2. The highest BCUT2D eigenvalue weighted by molar-refractivity contribution is 6.74. The van der Waals surface area contributed by atoms with Crippen LogP contribution in [0.2, 0.25) is 18.1 Å². The van der Waals surface area contributed by atoms with Crippen molar-refractivity contribution in [1.29, 1.82) is 0 Å². The Morgan fingerprint density at radius 1 is 0.788 bits per heavy atom. The van der Waals surface area contributed by atoms with E-state index in [1.807, 2.05) is 121 Å². The second-order valence-corrected chi connectivity index (χ2v) is 20.3. The van der Waals surface area contributed by atoms with Gasteiger partial charge < -0.3 is 23.7 Å². The maximum atomic E-state index is 14.9. The van der Waals surface area contributed by atoms with Gasteiger partial charge in [0.25, 0.3) is 5.91 Å². The van der Waals surface area contributed by atoms with Gasteiger partial charge in [-0.2, -0.15) is 0 Å². The number of cyclic esters (lactones) is 1. The van der Waals surface area contributed by atoms with E-state index in [0.29, 0.717) is 6.42 Å². The van der Waals surface area contributed by atoms with Crippen LogP contribution in [0.5, 0.6) is 0 Å². The number of nitrogens with zero attached hydrogens (tertiary/aromatic N) is 1. The van der Waals surface area contributed by atoms with Gasteiger partial charge in [0, 0.05) is 0 Å². The summed E-state index contributed by atoms with van der Waals surface area (Å²) in [6.07, 6.45) is -5.37. The van der Waals surface area contributed by atoms with E-state index in [2.05, 4.69) is 33.9 Å². The molecule has 0 saturated carbocycles. The molecule has 5 rings (SSSR count). The van der Waals surface area contributed by atoms with E-state index < -0.39 is 56.4 Å². The minimum Gasteiger partial charge on any atom is -0.441 e. The number of aliphatic hydroxyl groups excluding tert-OH is 1. The third-order valence-electron chi connectivity index (χ3n) is 10.3. The number of carbonyl (C=O) groups is 2. The number of imide groups is 1. The fourth-order valence-electron chi connectivity index (χ4n) is 6.18. The molecule has 1 fully saturated rings. The van der Waals surface area contributed by atoms with Gasteiger partial charge in [0.1, 0.15) is 17.8 Å². The zero-order valence-electron chi connectivity index (χ0n) is 31.4. The summed E-state index contributed by atoms with van der Waals surface area (Å²) in [5, 5.41) is 12.5. The molecule has 4 aromatic rings. The predicted molar refractivity (Wildman–Crippen MR) is 205 cm³/mol. The van der Waals surface area contributed by atoms with Gasteiger partial charge in [-0.05, 0) is 60.7 Å². The van der Waals surface area contributed by atoms with Gasteiger partial charge in [-0.3, -0.25) is 4.79 Å². The van der Waals surface area contributed by atoms with Crippen LogP contribution in [0.1, 0.15) is 63.0 Å². The first-order chi connectivity index (χ1) is 24.7. The Morgan fingerprint density at radius 2 is 1.25 bits per heavy atom. The first kappa shape index (κ1) is 39.1. The average molecular weight is 724 g/mol. The molecule has 1 aliphatic rings. The van der Waals surface area contributed by atoms with Crippen molar-refractivity contribution in [3.8, 4) is 0 Å². The molecule has 276 valence electrons. The molecule has 1 aliphatic heterocycles. The summed E-state index contributed by atoms with van der Waals surface area (Å²) >= 11 is 0. The third-order valence-corrected chi connectivity index (χ3v) is 14.7. The Hall–Kier alpha value is -4.12. The quantitative estimate of drug-likeness (QED) is 0.123. The normalized spacial score (nSPS) is 18.3. The van der Waals surface area contributed by atoms with E-state index >= 15 is 0 Å². The number of aliphatic hydroxyl groups is 1. The lowest BCUT2D eigenvalue weighted by Crippen LogP contribution is -2.57. The summed E-state index contributed by atoms with van der Waals surface area (Å²) in [5.74, 6) is -0.701. The van der Waals surface area contributed by atoms with Crippen LogP contribution in [0.15, 0.2) is 121 Å². The number of carbonyl (C=O) groups excluding carboxylic acids is 2. The van der Waals surface area contributed by atoms with Crippen molar-refractivity contribution in [2.45, 2.75) is 108 Å². The topological polar surface area (TPSA) is 94.5 Å². The lowest BCUT2D eigenvalue weighted by Gasteiger charge is -2.43. The standard InChI is InChI=1S/C43H53NO7Si/c1-42(2,3)52(6,7)51-37(34-26-18-11-19-27-34)38(48-29-32-22-14-9-15-23-32)36(45)39(49-30-33-24-16-10-17-25-33)40(46)44-35(43(4,5)50-41(44)47)28-31-20-12-8-13-21-31/h8-27,35-39,45H,28-30H2,1-7H3/t35-,36+,37-,38-,39-/m1/s1. The minimum absolute atomic E-state index is 0.00837. The maximum Gasteiger partial charge on any atom is 0.417 e. The van der Waals surface area contributed by atoms with E-state index in [1.54, 1.807) is 13.8 Å². The van der Waals surface area contributed by atoms with Gasteiger partial charge in [-0.1, -0.05) is 142 Å². The first-order valence-electron chi connectivity index (χ1n) is 18.0. The van der Waals surface area contributed by atoms with Crippen molar-refractivity contribution in [3.63, 3.8) is 0 Å². The highest BCUT2D eigenvalue weighted by Crippen LogP contribution is 2.42. The molecule has 1 heterocycles. The predicted octanol–water partition coefficient (Wildman–Crippen LogP) is 8.65. The van der Waals surface area contributed by atoms with Gasteiger partial charge in [-0.15, -0.1) is 0 Å². The molecule has 0 spiro atoms. The molecule has 0 radical (unpaired) electrons. The first-order valence-corrected chi connectivity index (χ1v) is 20.9. The van der Waals surface area contributed by atoms with Crippen LogP contribution >= 0.6 is 0 Å². The molecule has 0 bridgehead atoms. The Bertz CT molecular complexity index is 1730. The van der Waals surface area contributed by atoms with Crippen LogP contribution in [0, 0.1) is 0 Å². The summed E-state index contributed by atoms with van der Waals surface area (Å²) in [6.45, 7) is 14.5. The summed E-state index contributed by atoms with van der Waals surface area (Å²) in [7, 11) is -2.51. The van der Waals surface area contributed by atoms with E-state index in [0.717, 1.165) is 27.2 Å². The maximum absolute atomic E-state index is 14.9. The van der Waals surface area contributed by atoms with Gasteiger partial charge in [-0.25, -0.2) is 9.69 Å². The van der Waals surface area contributed by atoms with Crippen molar-refractivity contribution in [1.82, 2.24) is 4.90 Å². The molecule has 0 aliphatic carbocycles. The fourth-order valence-corrected chi connectivity index (χ4v) is 7.44. The molecule has 2 amide bonds. The Morgan fingerprint density at radius 3 is 1.75 bits per heavy atom. The van der Waals surface area contributed by atoms with E-state index in [-0.39, 0.29) is 18.3 Å². The summed E-state index contributed by atoms with van der Waals surface area (Å²) in [6, 6.07) is 37.8. The average Bonchev–Trinajstić information content (AvgIpc) is 3.35. The van der Waals surface area contributed by atoms with Crippen molar-refractivity contribution in [2.75, 3.05) is 0 Å². The second kappa shape index (κ2) is 16.7. The smallest absolute Gasteiger partial charge is 0.417 e. The molecule has 8 nitrogen and oxygen atoms in total. The van der Waals surface area contributed by atoms with E-state index in [9.17, 15) is 14.7 Å². The highest BCUT2D eigenvalue weighted by atomic mass is 28.4. The molecule has 9 heteroatoms. The zero-order valence-corrected chi connectivity index (χ0v) is 32.4. The molecular weight excluding hydrogens is 671 g/mol. The van der Waals surface area contributed by atoms with Gasteiger partial charge in [0.15, 0.2) is 14.4 Å². The SMILES string of the molecule is CC1(C)OC(=O)N(C(=O)[C@H](OCc2ccccc2)[C@@H](O)[C@@H](OCc2ccccc2)[C@H](O[Si](C)(C)C(C)(C)C)c2ccccc2)[C@@H]1Cc1ccccc1. The summed E-state index contributed by atoms with van der Waals surface area (Å²) in [5.41, 5.74) is 2.42. The van der Waals surface area contributed by atoms with Crippen molar-refractivity contribution < 1.29 is 33.3 Å². The number of benzene rings is 4. The third kappa shape index (κ3) is 9.45. The minimum atomic E-state index is -2.51. The Labute approximate surface area is 309 Å². The Kier molecular flexibility index (Phi) is 12.6. The van der Waals surface area contributed by atoms with Crippen molar-refractivity contribution in [3.05, 3.63) is 144 Å². The molecule has 0 aromatic heterocycles. The summed E-state index contributed by atoms with van der Waals surface area (Å²) < 4.78 is 26.0. The zero-order chi connectivity index (χ0) is 37.5. The van der Waals surface area contributed by atoms with Gasteiger partial charge in [0.2, 0.25) is 0 Å². The number of rotatable bonds is 15. The number of hydrogen-bond acceptors (Lipinski definition) is 7.